The molecule has 6 heteroatoms. The first-order chi connectivity index (χ1) is 9.97. The number of benzene rings is 2. The molecule has 0 amide bonds. The second-order valence-electron chi connectivity index (χ2n) is 4.57. The maximum Gasteiger partial charge on any atom is 0.311 e. The van der Waals surface area contributed by atoms with Crippen LogP contribution in [0.15, 0.2) is 53.0 Å². The van der Waals surface area contributed by atoms with E-state index in [-0.39, 0.29) is 12.1 Å². The summed E-state index contributed by atoms with van der Waals surface area (Å²) in [6.45, 7) is 0. The summed E-state index contributed by atoms with van der Waals surface area (Å²) >= 11 is 3.32. The Labute approximate surface area is 129 Å². The molecular weight excluding hydrogens is 338 g/mol. The van der Waals surface area contributed by atoms with Crippen molar-refractivity contribution in [2.75, 3.05) is 0 Å². The van der Waals surface area contributed by atoms with E-state index in [1.165, 1.54) is 12.1 Å². The Morgan fingerprint density at radius 3 is 2.43 bits per heavy atom. The molecule has 0 saturated carbocycles. The van der Waals surface area contributed by atoms with Gasteiger partial charge in [0.15, 0.2) is 0 Å². The third-order valence-electron chi connectivity index (χ3n) is 3.14. The van der Waals surface area contributed by atoms with Crippen molar-refractivity contribution in [3.63, 3.8) is 0 Å². The minimum Gasteiger partial charge on any atom is -0.481 e. The average Bonchev–Trinajstić information content (AvgIpc) is 2.45. The van der Waals surface area contributed by atoms with E-state index in [0.717, 1.165) is 10.0 Å². The Kier molecular flexibility index (Phi) is 4.70. The van der Waals surface area contributed by atoms with E-state index < -0.39 is 16.8 Å². The number of halogens is 1. The van der Waals surface area contributed by atoms with Crippen molar-refractivity contribution >= 4 is 27.6 Å². The Balaban J connectivity index is 2.24. The molecule has 0 spiro atoms. The van der Waals surface area contributed by atoms with Crippen LogP contribution in [-0.2, 0) is 11.2 Å². The lowest BCUT2D eigenvalue weighted by Gasteiger charge is -2.13. The third-order valence-corrected chi connectivity index (χ3v) is 3.63. The number of hydrogen-bond acceptors (Lipinski definition) is 3. The third kappa shape index (κ3) is 3.88. The number of carboxylic acids is 1. The summed E-state index contributed by atoms with van der Waals surface area (Å²) < 4.78 is 0.815. The number of nitro benzene ring substituents is 1. The molecule has 108 valence electrons. The number of carbonyl (C=O) groups is 1. The highest BCUT2D eigenvalue weighted by molar-refractivity contribution is 9.10. The van der Waals surface area contributed by atoms with Gasteiger partial charge in [-0.15, -0.1) is 0 Å². The van der Waals surface area contributed by atoms with Crippen LogP contribution in [0.3, 0.4) is 0 Å². The molecule has 0 aliphatic rings. The summed E-state index contributed by atoms with van der Waals surface area (Å²) in [5.74, 6) is -1.62. The van der Waals surface area contributed by atoms with E-state index in [2.05, 4.69) is 15.9 Å². The molecule has 2 rings (SSSR count). The fourth-order valence-electron chi connectivity index (χ4n) is 2.06. The molecule has 1 unspecified atom stereocenters. The van der Waals surface area contributed by atoms with Crippen molar-refractivity contribution in [3.05, 3.63) is 74.2 Å². The Hall–Kier alpha value is -2.21. The smallest absolute Gasteiger partial charge is 0.311 e. The topological polar surface area (TPSA) is 80.4 Å². The number of carboxylic acid groups (broad SMARTS) is 1. The van der Waals surface area contributed by atoms with E-state index >= 15 is 0 Å². The van der Waals surface area contributed by atoms with Crippen molar-refractivity contribution in [3.8, 4) is 0 Å². The Bertz CT molecular complexity index is 670. The van der Waals surface area contributed by atoms with Crippen LogP contribution in [0.5, 0.6) is 0 Å². The van der Waals surface area contributed by atoms with E-state index in [0.29, 0.717) is 5.56 Å². The highest BCUT2D eigenvalue weighted by atomic mass is 79.9. The normalized spacial score (nSPS) is 11.9. The van der Waals surface area contributed by atoms with Gasteiger partial charge in [0.2, 0.25) is 0 Å². The van der Waals surface area contributed by atoms with Crippen LogP contribution < -0.4 is 0 Å². The Morgan fingerprint density at radius 1 is 1.24 bits per heavy atom. The molecule has 0 fully saturated rings. The molecule has 2 aromatic carbocycles. The molecule has 2 aromatic rings. The molecule has 0 bridgehead atoms. The van der Waals surface area contributed by atoms with E-state index in [1.807, 2.05) is 6.07 Å². The van der Waals surface area contributed by atoms with Crippen LogP contribution in [0.25, 0.3) is 0 Å². The number of nitrogens with zero attached hydrogens (tertiary/aromatic N) is 1. The van der Waals surface area contributed by atoms with Gasteiger partial charge in [0, 0.05) is 16.6 Å². The van der Waals surface area contributed by atoms with E-state index in [9.17, 15) is 20.0 Å². The lowest BCUT2D eigenvalue weighted by Crippen LogP contribution is -2.14. The van der Waals surface area contributed by atoms with Gasteiger partial charge in [-0.25, -0.2) is 0 Å². The highest BCUT2D eigenvalue weighted by Crippen LogP contribution is 2.25. The van der Waals surface area contributed by atoms with Gasteiger partial charge >= 0.3 is 5.97 Å². The zero-order valence-corrected chi connectivity index (χ0v) is 12.5. The van der Waals surface area contributed by atoms with Crippen LogP contribution in [-0.4, -0.2) is 16.0 Å². The highest BCUT2D eigenvalue weighted by Gasteiger charge is 2.20. The predicted molar refractivity (Wildman–Crippen MR) is 81.3 cm³/mol. The summed E-state index contributed by atoms with van der Waals surface area (Å²) in [6.07, 6.45) is 0.282. The van der Waals surface area contributed by atoms with Crippen molar-refractivity contribution in [1.82, 2.24) is 0 Å². The molecule has 0 aliphatic heterocycles. The van der Waals surface area contributed by atoms with Gasteiger partial charge < -0.3 is 5.11 Å². The second kappa shape index (κ2) is 6.49. The molecule has 0 saturated heterocycles. The van der Waals surface area contributed by atoms with Crippen LogP contribution in [0, 0.1) is 10.1 Å². The second-order valence-corrected chi connectivity index (χ2v) is 5.49. The van der Waals surface area contributed by atoms with E-state index in [4.69, 9.17) is 0 Å². The number of nitro groups is 1. The maximum absolute atomic E-state index is 11.5. The Morgan fingerprint density at radius 2 is 1.90 bits per heavy atom. The summed E-state index contributed by atoms with van der Waals surface area (Å²) in [6, 6.07) is 13.1. The fourth-order valence-corrected chi connectivity index (χ4v) is 2.48. The fraction of sp³-hybridized carbons (Fsp3) is 0.133. The van der Waals surface area contributed by atoms with Crippen LogP contribution in [0.2, 0.25) is 0 Å². The zero-order chi connectivity index (χ0) is 15.4. The molecule has 0 radical (unpaired) electrons. The van der Waals surface area contributed by atoms with Crippen LogP contribution in [0.4, 0.5) is 5.69 Å². The minimum absolute atomic E-state index is 0.00641. The predicted octanol–water partition coefficient (Wildman–Crippen LogP) is 3.77. The van der Waals surface area contributed by atoms with Gasteiger partial charge in [-0.05, 0) is 29.7 Å². The first kappa shape index (κ1) is 15.2. The van der Waals surface area contributed by atoms with Gasteiger partial charge in [-0.2, -0.15) is 0 Å². The van der Waals surface area contributed by atoms with Crippen LogP contribution >= 0.6 is 15.9 Å². The number of hydrogen-bond donors (Lipinski definition) is 1. The minimum atomic E-state index is -0.925. The van der Waals surface area contributed by atoms with Gasteiger partial charge in [-0.1, -0.05) is 40.2 Å². The molecular formula is C15H12BrNO4. The SMILES string of the molecule is O=C(O)C(Cc1ccc([N+](=O)[O-])cc1)c1cccc(Br)c1. The average molecular weight is 350 g/mol. The lowest BCUT2D eigenvalue weighted by atomic mass is 9.92. The summed E-state index contributed by atoms with van der Waals surface area (Å²) in [5, 5.41) is 20.0. The van der Waals surface area contributed by atoms with Crippen molar-refractivity contribution < 1.29 is 14.8 Å². The van der Waals surface area contributed by atoms with E-state index in [1.54, 1.807) is 30.3 Å². The molecule has 0 aromatic heterocycles. The van der Waals surface area contributed by atoms with Gasteiger partial charge in [0.25, 0.3) is 5.69 Å². The lowest BCUT2D eigenvalue weighted by molar-refractivity contribution is -0.384. The molecule has 5 nitrogen and oxygen atoms in total. The number of aliphatic carboxylic acids is 1. The van der Waals surface area contributed by atoms with Crippen molar-refractivity contribution in [2.45, 2.75) is 12.3 Å². The van der Waals surface area contributed by atoms with Gasteiger partial charge in [-0.3, -0.25) is 14.9 Å². The number of non-ortho nitro benzene ring substituents is 1. The molecule has 0 heterocycles. The number of rotatable bonds is 5. The van der Waals surface area contributed by atoms with Crippen molar-refractivity contribution in [1.29, 1.82) is 0 Å². The standard InChI is InChI=1S/C15H12BrNO4/c16-12-3-1-2-11(9-12)14(15(18)19)8-10-4-6-13(7-5-10)17(20)21/h1-7,9,14H,8H2,(H,18,19). The van der Waals surface area contributed by atoms with Gasteiger partial charge in [0.05, 0.1) is 10.8 Å². The quantitative estimate of drug-likeness (QED) is 0.658. The van der Waals surface area contributed by atoms with Crippen LogP contribution in [0.1, 0.15) is 17.0 Å². The first-order valence-electron chi connectivity index (χ1n) is 6.19. The zero-order valence-electron chi connectivity index (χ0n) is 10.9. The van der Waals surface area contributed by atoms with Crippen molar-refractivity contribution in [2.24, 2.45) is 0 Å². The summed E-state index contributed by atoms with van der Waals surface area (Å²) in [7, 11) is 0. The molecule has 1 atom stereocenters. The maximum atomic E-state index is 11.5. The van der Waals surface area contributed by atoms with Gasteiger partial charge in [0.1, 0.15) is 0 Å². The largest absolute Gasteiger partial charge is 0.481 e. The molecule has 1 N–H and O–H groups in total. The molecule has 0 aliphatic carbocycles. The first-order valence-corrected chi connectivity index (χ1v) is 6.98. The molecule has 21 heavy (non-hydrogen) atoms. The summed E-state index contributed by atoms with van der Waals surface area (Å²) in [4.78, 5) is 21.6. The summed E-state index contributed by atoms with van der Waals surface area (Å²) in [5.41, 5.74) is 1.43. The monoisotopic (exact) mass is 349 g/mol.